The Morgan fingerprint density at radius 3 is 2.37 bits per heavy atom. The summed E-state index contributed by atoms with van der Waals surface area (Å²) in [6, 6.07) is 20.9. The van der Waals surface area contributed by atoms with E-state index in [2.05, 4.69) is 10.6 Å². The van der Waals surface area contributed by atoms with Gasteiger partial charge in [0.05, 0.1) is 7.11 Å². The lowest BCUT2D eigenvalue weighted by Crippen LogP contribution is -2.36. The molecule has 6 heteroatoms. The molecule has 0 radical (unpaired) electrons. The van der Waals surface area contributed by atoms with Crippen LogP contribution in [0.25, 0.3) is 11.6 Å². The van der Waals surface area contributed by atoms with Gasteiger partial charge in [-0.15, -0.1) is 0 Å². The average molecular weight is 398 g/mol. The molecule has 3 aromatic carbocycles. The molecule has 2 N–H and O–H groups in total. The highest BCUT2D eigenvalue weighted by Gasteiger charge is 2.26. The van der Waals surface area contributed by atoms with Crippen LogP contribution < -0.4 is 15.4 Å². The Hall–Kier alpha value is -4.19. The Morgan fingerprint density at radius 2 is 1.63 bits per heavy atom. The Bertz CT molecular complexity index is 1180. The normalized spacial score (nSPS) is 14.1. The Labute approximate surface area is 173 Å². The van der Waals surface area contributed by atoms with Crippen LogP contribution in [0.2, 0.25) is 0 Å². The monoisotopic (exact) mass is 398 g/mol. The molecule has 0 saturated heterocycles. The Morgan fingerprint density at radius 1 is 0.900 bits per heavy atom. The van der Waals surface area contributed by atoms with Crippen molar-refractivity contribution in [3.63, 3.8) is 0 Å². The lowest BCUT2D eigenvalue weighted by atomic mass is 9.93. The number of amides is 3. The molecule has 1 heterocycles. The van der Waals surface area contributed by atoms with E-state index in [4.69, 9.17) is 4.74 Å². The number of rotatable bonds is 4. The van der Waals surface area contributed by atoms with E-state index < -0.39 is 11.8 Å². The third-order valence-electron chi connectivity index (χ3n) is 4.74. The summed E-state index contributed by atoms with van der Waals surface area (Å²) in [5.74, 6) is -0.446. The van der Waals surface area contributed by atoms with E-state index in [9.17, 15) is 14.4 Å². The first-order valence-electron chi connectivity index (χ1n) is 9.27. The van der Waals surface area contributed by atoms with Crippen molar-refractivity contribution in [1.29, 1.82) is 0 Å². The van der Waals surface area contributed by atoms with Gasteiger partial charge >= 0.3 is 0 Å². The predicted molar refractivity (Wildman–Crippen MR) is 114 cm³/mol. The summed E-state index contributed by atoms with van der Waals surface area (Å²) in [6.45, 7) is 0. The summed E-state index contributed by atoms with van der Waals surface area (Å²) in [6.07, 6.45) is 1.70. The quantitative estimate of drug-likeness (QED) is 0.518. The van der Waals surface area contributed by atoms with Crippen molar-refractivity contribution in [2.75, 3.05) is 12.4 Å². The second kappa shape index (κ2) is 8.05. The number of anilines is 1. The number of carbonyl (C=O) groups excluding carboxylic acids is 3. The van der Waals surface area contributed by atoms with E-state index in [-0.39, 0.29) is 5.91 Å². The first-order valence-corrected chi connectivity index (χ1v) is 9.27. The van der Waals surface area contributed by atoms with Crippen LogP contribution in [0.3, 0.4) is 0 Å². The molecule has 0 aliphatic carbocycles. The molecule has 0 saturated carbocycles. The molecule has 0 atom stereocenters. The van der Waals surface area contributed by atoms with Crippen molar-refractivity contribution < 1.29 is 19.1 Å². The molecule has 4 rings (SSSR count). The first-order chi connectivity index (χ1) is 14.5. The zero-order chi connectivity index (χ0) is 21.1. The van der Waals surface area contributed by atoms with E-state index >= 15 is 0 Å². The second-order valence-electron chi connectivity index (χ2n) is 6.69. The number of fused-ring (bicyclic) bond motifs is 1. The maximum atomic E-state index is 12.5. The first kappa shape index (κ1) is 19.1. The van der Waals surface area contributed by atoms with Gasteiger partial charge in [-0.05, 0) is 59.7 Å². The van der Waals surface area contributed by atoms with E-state index in [1.807, 2.05) is 6.07 Å². The summed E-state index contributed by atoms with van der Waals surface area (Å²) in [7, 11) is 1.57. The molecule has 0 aromatic heterocycles. The van der Waals surface area contributed by atoms with Gasteiger partial charge < -0.3 is 10.1 Å². The number of benzene rings is 3. The minimum atomic E-state index is -0.452. The lowest BCUT2D eigenvalue weighted by Gasteiger charge is -2.18. The maximum absolute atomic E-state index is 12.5. The van der Waals surface area contributed by atoms with Crippen molar-refractivity contribution in [2.45, 2.75) is 0 Å². The fourth-order valence-electron chi connectivity index (χ4n) is 3.24. The summed E-state index contributed by atoms with van der Waals surface area (Å²) >= 11 is 0. The lowest BCUT2D eigenvalue weighted by molar-refractivity contribution is -0.114. The van der Waals surface area contributed by atoms with Crippen LogP contribution in [0.5, 0.6) is 5.75 Å². The fourth-order valence-corrected chi connectivity index (χ4v) is 3.24. The number of carbonyl (C=O) groups is 3. The van der Waals surface area contributed by atoms with Crippen molar-refractivity contribution in [2.24, 2.45) is 0 Å². The van der Waals surface area contributed by atoms with Gasteiger partial charge in [0.2, 0.25) is 0 Å². The number of hydrogen-bond acceptors (Lipinski definition) is 4. The topological polar surface area (TPSA) is 84.5 Å². The number of nitrogens with one attached hydrogen (secondary N) is 2. The highest BCUT2D eigenvalue weighted by atomic mass is 16.5. The Balaban J connectivity index is 1.60. The third kappa shape index (κ3) is 3.84. The Kier molecular flexibility index (Phi) is 5.13. The molecule has 3 amide bonds. The zero-order valence-electron chi connectivity index (χ0n) is 16.1. The van der Waals surface area contributed by atoms with Crippen LogP contribution >= 0.6 is 0 Å². The summed E-state index contributed by atoms with van der Waals surface area (Å²) in [5, 5.41) is 5.20. The van der Waals surface area contributed by atoms with Crippen LogP contribution in [0.15, 0.2) is 72.8 Å². The smallest absolute Gasteiger partial charge is 0.258 e. The van der Waals surface area contributed by atoms with Gasteiger partial charge in [-0.25, -0.2) is 0 Å². The number of imide groups is 1. The van der Waals surface area contributed by atoms with Gasteiger partial charge in [-0.1, -0.05) is 30.3 Å². The van der Waals surface area contributed by atoms with Gasteiger partial charge in [-0.3, -0.25) is 19.7 Å². The van der Waals surface area contributed by atoms with Crippen LogP contribution in [0.4, 0.5) is 5.69 Å². The molecule has 0 spiro atoms. The van der Waals surface area contributed by atoms with Gasteiger partial charge in [-0.2, -0.15) is 0 Å². The third-order valence-corrected chi connectivity index (χ3v) is 4.74. The summed E-state index contributed by atoms with van der Waals surface area (Å²) in [5.41, 5.74) is 3.23. The number of hydrogen-bond donors (Lipinski definition) is 2. The van der Waals surface area contributed by atoms with Gasteiger partial charge in [0.25, 0.3) is 17.7 Å². The van der Waals surface area contributed by atoms with E-state index in [1.54, 1.807) is 79.9 Å². The number of methoxy groups -OCH3 is 1. The number of ether oxygens (including phenoxy) is 1. The molecule has 148 valence electrons. The van der Waals surface area contributed by atoms with Gasteiger partial charge in [0.15, 0.2) is 0 Å². The average Bonchev–Trinajstić information content (AvgIpc) is 2.77. The van der Waals surface area contributed by atoms with Gasteiger partial charge in [0.1, 0.15) is 5.75 Å². The minimum Gasteiger partial charge on any atom is -0.497 e. The highest BCUT2D eigenvalue weighted by molar-refractivity contribution is 6.34. The van der Waals surface area contributed by atoms with Crippen molar-refractivity contribution in [1.82, 2.24) is 5.32 Å². The highest BCUT2D eigenvalue weighted by Crippen LogP contribution is 2.26. The van der Waals surface area contributed by atoms with Crippen molar-refractivity contribution >= 4 is 35.1 Å². The van der Waals surface area contributed by atoms with Crippen molar-refractivity contribution in [3.05, 3.63) is 95.1 Å². The molecule has 1 aliphatic heterocycles. The van der Waals surface area contributed by atoms with E-state index in [0.29, 0.717) is 33.7 Å². The molecule has 6 nitrogen and oxygen atoms in total. The molecule has 0 bridgehead atoms. The summed E-state index contributed by atoms with van der Waals surface area (Å²) in [4.78, 5) is 36.9. The molecule has 0 fully saturated rings. The SMILES string of the molecule is COc1ccc(C(=O)Nc2cccc(/C=C3\C(=O)NC(=O)c4ccccc43)c2)cc1. The molecule has 0 unspecified atom stereocenters. The molecule has 30 heavy (non-hydrogen) atoms. The van der Waals surface area contributed by atoms with Crippen LogP contribution in [-0.4, -0.2) is 24.8 Å². The van der Waals surface area contributed by atoms with E-state index in [1.165, 1.54) is 0 Å². The van der Waals surface area contributed by atoms with Crippen LogP contribution in [0, 0.1) is 0 Å². The van der Waals surface area contributed by atoms with Gasteiger partial charge in [0, 0.05) is 22.4 Å². The van der Waals surface area contributed by atoms with Crippen molar-refractivity contribution in [3.8, 4) is 5.75 Å². The maximum Gasteiger partial charge on any atom is 0.258 e. The molecule has 1 aliphatic rings. The largest absolute Gasteiger partial charge is 0.497 e. The van der Waals surface area contributed by atoms with E-state index in [0.717, 1.165) is 5.56 Å². The van der Waals surface area contributed by atoms with Crippen LogP contribution in [0.1, 0.15) is 31.8 Å². The zero-order valence-corrected chi connectivity index (χ0v) is 16.1. The van der Waals surface area contributed by atoms with Crippen LogP contribution in [-0.2, 0) is 4.79 Å². The standard InChI is InChI=1S/C24H18N2O4/c1-30-18-11-9-16(10-12-18)22(27)25-17-6-4-5-15(13-17)14-21-19-7-2-3-8-20(19)23(28)26-24(21)29/h2-14H,1H3,(H,25,27)(H,26,28,29)/b21-14-. The molecular formula is C24H18N2O4. The minimum absolute atomic E-state index is 0.256. The fraction of sp³-hybridized carbons (Fsp3) is 0.0417. The summed E-state index contributed by atoms with van der Waals surface area (Å²) < 4.78 is 5.10. The molecular weight excluding hydrogens is 380 g/mol. The molecule has 3 aromatic rings. The second-order valence-corrected chi connectivity index (χ2v) is 6.69. The predicted octanol–water partition coefficient (Wildman–Crippen LogP) is 3.76.